The Kier molecular flexibility index (Phi) is 3.50. The van der Waals surface area contributed by atoms with Crippen LogP contribution < -0.4 is 0 Å². The van der Waals surface area contributed by atoms with Crippen molar-refractivity contribution in [3.63, 3.8) is 0 Å². The Bertz CT molecular complexity index is 502. The van der Waals surface area contributed by atoms with Crippen molar-refractivity contribution in [1.29, 1.82) is 0 Å². The summed E-state index contributed by atoms with van der Waals surface area (Å²) in [6.45, 7) is 0.893. The number of nitrogens with zero attached hydrogens (tertiary/aromatic N) is 2. The predicted octanol–water partition coefficient (Wildman–Crippen LogP) is 2.16. The van der Waals surface area contributed by atoms with Crippen molar-refractivity contribution in [2.24, 2.45) is 7.05 Å². The van der Waals surface area contributed by atoms with Gasteiger partial charge in [0.1, 0.15) is 0 Å². The molecule has 0 unspecified atom stereocenters. The van der Waals surface area contributed by atoms with E-state index in [1.165, 1.54) is 5.52 Å². The third-order valence-electron chi connectivity index (χ3n) is 3.14. The third-order valence-corrected chi connectivity index (χ3v) is 3.14. The molecule has 0 amide bonds. The Hall–Kier alpha value is -1.32. The molecular formula is C14H20N2O. The first-order valence-electron chi connectivity index (χ1n) is 5.96. The van der Waals surface area contributed by atoms with Gasteiger partial charge < -0.3 is 14.6 Å². The molecule has 3 heteroatoms. The zero-order chi connectivity index (χ0) is 12.4. The molecule has 1 aromatic carbocycles. The Balaban J connectivity index is 2.29. The summed E-state index contributed by atoms with van der Waals surface area (Å²) >= 11 is 0. The largest absolute Gasteiger partial charge is 0.388 e. The second kappa shape index (κ2) is 4.90. The van der Waals surface area contributed by atoms with Crippen LogP contribution in [0.25, 0.3) is 10.9 Å². The highest BCUT2D eigenvalue weighted by Gasteiger charge is 2.14. The summed E-state index contributed by atoms with van der Waals surface area (Å²) in [4.78, 5) is 2.09. The van der Waals surface area contributed by atoms with Crippen LogP contribution in [-0.2, 0) is 7.05 Å². The number of aryl methyl sites for hydroxylation is 1. The molecule has 92 valence electrons. The molecule has 1 N–H and O–H groups in total. The Labute approximate surface area is 102 Å². The van der Waals surface area contributed by atoms with Gasteiger partial charge in [0, 0.05) is 36.3 Å². The molecule has 0 fully saturated rings. The lowest BCUT2D eigenvalue weighted by molar-refractivity contribution is 0.155. The summed E-state index contributed by atoms with van der Waals surface area (Å²) in [5.74, 6) is 0. The molecule has 0 radical (unpaired) electrons. The van der Waals surface area contributed by atoms with E-state index in [-0.39, 0.29) is 6.10 Å². The highest BCUT2D eigenvalue weighted by atomic mass is 16.3. The van der Waals surface area contributed by atoms with E-state index in [9.17, 15) is 5.11 Å². The summed E-state index contributed by atoms with van der Waals surface area (Å²) < 4.78 is 2.07. The van der Waals surface area contributed by atoms with Crippen molar-refractivity contribution >= 4 is 10.9 Å². The molecule has 0 saturated carbocycles. The van der Waals surface area contributed by atoms with Gasteiger partial charge in [-0.3, -0.25) is 0 Å². The highest BCUT2D eigenvalue weighted by Crippen LogP contribution is 2.27. The zero-order valence-electron chi connectivity index (χ0n) is 10.7. The molecule has 0 bridgehead atoms. The summed E-state index contributed by atoms with van der Waals surface area (Å²) in [6, 6.07) is 8.20. The number of para-hydroxylation sites is 1. The van der Waals surface area contributed by atoms with Crippen LogP contribution in [0.2, 0.25) is 0 Å². The van der Waals surface area contributed by atoms with Gasteiger partial charge in [-0.05, 0) is 26.6 Å². The molecule has 0 saturated heterocycles. The van der Waals surface area contributed by atoms with Crippen molar-refractivity contribution in [3.8, 4) is 0 Å². The molecule has 2 aromatic rings. The van der Waals surface area contributed by atoms with Crippen LogP contribution in [0, 0.1) is 0 Å². The summed E-state index contributed by atoms with van der Waals surface area (Å²) in [6.07, 6.45) is 2.41. The topological polar surface area (TPSA) is 28.4 Å². The number of benzene rings is 1. The summed E-state index contributed by atoms with van der Waals surface area (Å²) in [7, 11) is 6.07. The Morgan fingerprint density at radius 1 is 1.29 bits per heavy atom. The average molecular weight is 232 g/mol. The van der Waals surface area contributed by atoms with E-state index < -0.39 is 0 Å². The minimum atomic E-state index is -0.386. The fourth-order valence-corrected chi connectivity index (χ4v) is 2.17. The minimum absolute atomic E-state index is 0.386. The quantitative estimate of drug-likeness (QED) is 0.875. The standard InChI is InChI=1S/C14H20N2O/c1-15(2)9-8-14(17)12-10-16(3)13-7-5-4-6-11(12)13/h4-7,10,14,17H,8-9H2,1-3H3/t14-/m1/s1. The van der Waals surface area contributed by atoms with E-state index in [0.717, 1.165) is 23.9 Å². The molecule has 2 rings (SSSR count). The maximum atomic E-state index is 10.2. The smallest absolute Gasteiger partial charge is 0.0823 e. The molecule has 0 aliphatic carbocycles. The van der Waals surface area contributed by atoms with Gasteiger partial charge in [0.05, 0.1) is 6.10 Å². The Morgan fingerprint density at radius 2 is 2.00 bits per heavy atom. The van der Waals surface area contributed by atoms with Crippen molar-refractivity contribution in [2.45, 2.75) is 12.5 Å². The van der Waals surface area contributed by atoms with Crippen LogP contribution in [-0.4, -0.2) is 35.2 Å². The monoisotopic (exact) mass is 232 g/mol. The molecule has 0 aliphatic rings. The highest BCUT2D eigenvalue weighted by molar-refractivity contribution is 5.84. The van der Waals surface area contributed by atoms with Gasteiger partial charge in [-0.25, -0.2) is 0 Å². The van der Waals surface area contributed by atoms with Crippen molar-refractivity contribution in [3.05, 3.63) is 36.0 Å². The van der Waals surface area contributed by atoms with E-state index >= 15 is 0 Å². The van der Waals surface area contributed by atoms with Gasteiger partial charge in [0.25, 0.3) is 0 Å². The number of aliphatic hydroxyl groups excluding tert-OH is 1. The van der Waals surface area contributed by atoms with E-state index in [0.29, 0.717) is 0 Å². The van der Waals surface area contributed by atoms with Gasteiger partial charge in [0.15, 0.2) is 0 Å². The van der Waals surface area contributed by atoms with Gasteiger partial charge >= 0.3 is 0 Å². The number of fused-ring (bicyclic) bond motifs is 1. The molecule has 1 atom stereocenters. The average Bonchev–Trinajstić information content (AvgIpc) is 2.65. The van der Waals surface area contributed by atoms with Crippen LogP contribution in [0.4, 0.5) is 0 Å². The second-order valence-corrected chi connectivity index (χ2v) is 4.82. The lowest BCUT2D eigenvalue weighted by Crippen LogP contribution is -2.15. The van der Waals surface area contributed by atoms with E-state index in [1.54, 1.807) is 0 Å². The first kappa shape index (κ1) is 12.1. The number of hydrogen-bond donors (Lipinski definition) is 1. The van der Waals surface area contributed by atoms with Gasteiger partial charge in [-0.1, -0.05) is 18.2 Å². The van der Waals surface area contributed by atoms with Crippen LogP contribution in [0.5, 0.6) is 0 Å². The first-order chi connectivity index (χ1) is 8.09. The van der Waals surface area contributed by atoms with Crippen molar-refractivity contribution < 1.29 is 5.11 Å². The van der Waals surface area contributed by atoms with Gasteiger partial charge in [-0.2, -0.15) is 0 Å². The lowest BCUT2D eigenvalue weighted by Gasteiger charge is -2.13. The predicted molar refractivity (Wildman–Crippen MR) is 71.0 cm³/mol. The maximum Gasteiger partial charge on any atom is 0.0823 e. The molecule has 0 spiro atoms. The van der Waals surface area contributed by atoms with Crippen LogP contribution >= 0.6 is 0 Å². The molecule has 17 heavy (non-hydrogen) atoms. The number of rotatable bonds is 4. The van der Waals surface area contributed by atoms with E-state index in [1.807, 2.05) is 39.5 Å². The van der Waals surface area contributed by atoms with Gasteiger partial charge in [-0.15, -0.1) is 0 Å². The lowest BCUT2D eigenvalue weighted by atomic mass is 10.1. The molecule has 0 aliphatic heterocycles. The SMILES string of the molecule is CN(C)CC[C@@H](O)c1cn(C)c2ccccc12. The first-order valence-corrected chi connectivity index (χ1v) is 5.96. The van der Waals surface area contributed by atoms with Crippen molar-refractivity contribution in [1.82, 2.24) is 9.47 Å². The molecule has 3 nitrogen and oxygen atoms in total. The number of aliphatic hydroxyl groups is 1. The van der Waals surface area contributed by atoms with Crippen molar-refractivity contribution in [2.75, 3.05) is 20.6 Å². The molecular weight excluding hydrogens is 212 g/mol. The fraction of sp³-hybridized carbons (Fsp3) is 0.429. The third kappa shape index (κ3) is 2.51. The normalized spacial score (nSPS) is 13.5. The zero-order valence-corrected chi connectivity index (χ0v) is 10.7. The van der Waals surface area contributed by atoms with Gasteiger partial charge in [0.2, 0.25) is 0 Å². The van der Waals surface area contributed by atoms with E-state index in [2.05, 4.69) is 21.6 Å². The number of aromatic nitrogens is 1. The number of hydrogen-bond acceptors (Lipinski definition) is 2. The Morgan fingerprint density at radius 3 is 2.71 bits per heavy atom. The van der Waals surface area contributed by atoms with E-state index in [4.69, 9.17) is 0 Å². The second-order valence-electron chi connectivity index (χ2n) is 4.82. The fourth-order valence-electron chi connectivity index (χ4n) is 2.17. The minimum Gasteiger partial charge on any atom is -0.388 e. The summed E-state index contributed by atoms with van der Waals surface area (Å²) in [5.41, 5.74) is 2.20. The molecule has 1 heterocycles. The van der Waals surface area contributed by atoms with Crippen LogP contribution in [0.15, 0.2) is 30.5 Å². The van der Waals surface area contributed by atoms with Crippen LogP contribution in [0.3, 0.4) is 0 Å². The van der Waals surface area contributed by atoms with Crippen LogP contribution in [0.1, 0.15) is 18.1 Å². The molecule has 1 aromatic heterocycles. The summed E-state index contributed by atoms with van der Waals surface area (Å²) in [5, 5.41) is 11.4. The maximum absolute atomic E-state index is 10.2.